The van der Waals surface area contributed by atoms with E-state index in [-0.39, 0.29) is 12.3 Å². The van der Waals surface area contributed by atoms with E-state index in [4.69, 9.17) is 4.74 Å². The summed E-state index contributed by atoms with van der Waals surface area (Å²) >= 11 is 0. The first kappa shape index (κ1) is 20.6. The van der Waals surface area contributed by atoms with Crippen molar-refractivity contribution in [3.63, 3.8) is 0 Å². The van der Waals surface area contributed by atoms with Crippen LogP contribution < -0.4 is 10.1 Å². The van der Waals surface area contributed by atoms with Crippen molar-refractivity contribution < 1.29 is 27.8 Å². The first-order valence-electron chi connectivity index (χ1n) is 8.74. The van der Waals surface area contributed by atoms with Gasteiger partial charge in [-0.3, -0.25) is 14.8 Å². The van der Waals surface area contributed by atoms with Crippen LogP contribution in [0.5, 0.6) is 5.75 Å². The molecule has 154 valence electrons. The third-order valence-corrected chi connectivity index (χ3v) is 4.18. The Kier molecular flexibility index (Phi) is 6.02. The van der Waals surface area contributed by atoms with Gasteiger partial charge in [-0.2, -0.15) is 13.2 Å². The van der Waals surface area contributed by atoms with Crippen LogP contribution in [-0.2, 0) is 6.61 Å². The van der Waals surface area contributed by atoms with Crippen LogP contribution in [0.2, 0.25) is 0 Å². The molecule has 2 N–H and O–H groups in total. The highest BCUT2D eigenvalue weighted by atomic mass is 19.4. The molecule has 0 radical (unpaired) electrons. The summed E-state index contributed by atoms with van der Waals surface area (Å²) in [7, 11) is 0. The molecule has 0 saturated carbocycles. The molecule has 10 heteroatoms. The van der Waals surface area contributed by atoms with Crippen LogP contribution in [0.4, 0.5) is 13.2 Å². The highest BCUT2D eigenvalue weighted by Gasteiger charge is 2.33. The molecule has 0 aliphatic rings. The lowest BCUT2D eigenvalue weighted by molar-refractivity contribution is -0.141. The number of halogens is 3. The largest absolute Gasteiger partial charge is 0.486 e. The maximum Gasteiger partial charge on any atom is 0.391 e. The van der Waals surface area contributed by atoms with Crippen molar-refractivity contribution in [2.24, 2.45) is 0 Å². The van der Waals surface area contributed by atoms with Crippen molar-refractivity contribution in [2.75, 3.05) is 6.61 Å². The predicted octanol–water partition coefficient (Wildman–Crippen LogP) is 2.66. The maximum atomic E-state index is 12.6. The van der Waals surface area contributed by atoms with Gasteiger partial charge in [0.2, 0.25) is 0 Å². The Bertz CT molecular complexity index is 990. The van der Waals surface area contributed by atoms with Crippen molar-refractivity contribution in [1.82, 2.24) is 19.7 Å². The Morgan fingerprint density at radius 2 is 2.14 bits per heavy atom. The number of carbonyl (C=O) groups is 1. The van der Waals surface area contributed by atoms with E-state index in [9.17, 15) is 23.1 Å². The lowest BCUT2D eigenvalue weighted by Crippen LogP contribution is -2.41. The third-order valence-electron chi connectivity index (χ3n) is 4.18. The fraction of sp³-hybridized carbons (Fsp3) is 0.316. The molecular formula is C19H19F3N4O3. The molecule has 3 aromatic rings. The first-order valence-corrected chi connectivity index (χ1v) is 8.74. The number of carbonyl (C=O) groups excluding carboxylic acids is 1. The monoisotopic (exact) mass is 408 g/mol. The second-order valence-electron chi connectivity index (χ2n) is 6.49. The summed E-state index contributed by atoms with van der Waals surface area (Å²) in [5, 5.41) is 11.4. The number of pyridine rings is 1. The molecule has 3 heterocycles. The van der Waals surface area contributed by atoms with Crippen LogP contribution in [0, 0.1) is 6.92 Å². The fourth-order valence-corrected chi connectivity index (χ4v) is 2.91. The Balaban J connectivity index is 1.81. The SMILES string of the molecule is Cc1cc2ccc(OCc3cnccn3)cn2c1C(=O)NC(CO)CC(F)(F)F. The van der Waals surface area contributed by atoms with E-state index in [2.05, 4.69) is 15.3 Å². The van der Waals surface area contributed by atoms with Gasteiger partial charge in [-0.15, -0.1) is 0 Å². The molecule has 0 aromatic carbocycles. The van der Waals surface area contributed by atoms with Gasteiger partial charge in [-0.1, -0.05) is 0 Å². The van der Waals surface area contributed by atoms with Crippen molar-refractivity contribution >= 4 is 11.4 Å². The zero-order valence-electron chi connectivity index (χ0n) is 15.5. The number of aliphatic hydroxyl groups is 1. The summed E-state index contributed by atoms with van der Waals surface area (Å²) in [6.45, 7) is 1.03. The van der Waals surface area contributed by atoms with Gasteiger partial charge < -0.3 is 19.6 Å². The van der Waals surface area contributed by atoms with E-state index in [1.807, 2.05) is 0 Å². The number of rotatable bonds is 7. The van der Waals surface area contributed by atoms with E-state index >= 15 is 0 Å². The number of ether oxygens (including phenoxy) is 1. The molecule has 29 heavy (non-hydrogen) atoms. The van der Waals surface area contributed by atoms with Gasteiger partial charge >= 0.3 is 6.18 Å². The van der Waals surface area contributed by atoms with Crippen LogP contribution in [0.15, 0.2) is 43.0 Å². The molecule has 1 atom stereocenters. The molecule has 0 aliphatic heterocycles. The normalized spacial score (nSPS) is 12.7. The number of aryl methyl sites for hydroxylation is 1. The molecule has 0 saturated heterocycles. The number of aliphatic hydroxyl groups excluding tert-OH is 1. The first-order chi connectivity index (χ1) is 13.8. The van der Waals surface area contributed by atoms with E-state index < -0.39 is 31.2 Å². The molecule has 1 amide bonds. The van der Waals surface area contributed by atoms with E-state index in [0.29, 0.717) is 22.5 Å². The number of hydrogen-bond donors (Lipinski definition) is 2. The summed E-state index contributed by atoms with van der Waals surface area (Å²) in [5.41, 5.74) is 2.05. The third kappa shape index (κ3) is 5.23. The summed E-state index contributed by atoms with van der Waals surface area (Å²) < 4.78 is 45.0. The number of amides is 1. The van der Waals surface area contributed by atoms with Crippen molar-refractivity contribution in [3.8, 4) is 5.75 Å². The minimum absolute atomic E-state index is 0.166. The number of aromatic nitrogens is 3. The van der Waals surface area contributed by atoms with Gasteiger partial charge in [0.05, 0.1) is 37.2 Å². The molecular weight excluding hydrogens is 389 g/mol. The molecule has 0 fully saturated rings. The molecule has 0 bridgehead atoms. The maximum absolute atomic E-state index is 12.6. The van der Waals surface area contributed by atoms with Crippen LogP contribution in [0.3, 0.4) is 0 Å². The summed E-state index contributed by atoms with van der Waals surface area (Å²) in [5.74, 6) is -0.265. The van der Waals surface area contributed by atoms with Crippen LogP contribution in [0.25, 0.3) is 5.52 Å². The van der Waals surface area contributed by atoms with Gasteiger partial charge in [0, 0.05) is 17.9 Å². The van der Waals surface area contributed by atoms with Crippen LogP contribution in [0.1, 0.15) is 28.2 Å². The molecule has 3 aromatic heterocycles. The number of hydrogen-bond acceptors (Lipinski definition) is 5. The number of nitrogens with zero attached hydrogens (tertiary/aromatic N) is 3. The molecule has 7 nitrogen and oxygen atoms in total. The Hall–Kier alpha value is -3.14. The number of fused-ring (bicyclic) bond motifs is 1. The molecule has 0 aliphatic carbocycles. The van der Waals surface area contributed by atoms with Gasteiger partial charge in [0.1, 0.15) is 18.1 Å². The fourth-order valence-electron chi connectivity index (χ4n) is 2.91. The smallest absolute Gasteiger partial charge is 0.391 e. The van der Waals surface area contributed by atoms with Gasteiger partial charge in [-0.25, -0.2) is 0 Å². The summed E-state index contributed by atoms with van der Waals surface area (Å²) in [6, 6.07) is 3.75. The van der Waals surface area contributed by atoms with Crippen LogP contribution >= 0.6 is 0 Å². The minimum Gasteiger partial charge on any atom is -0.486 e. The lowest BCUT2D eigenvalue weighted by Gasteiger charge is -2.18. The highest BCUT2D eigenvalue weighted by molar-refractivity contribution is 5.96. The molecule has 1 unspecified atom stereocenters. The Morgan fingerprint density at radius 1 is 1.34 bits per heavy atom. The second-order valence-corrected chi connectivity index (χ2v) is 6.49. The lowest BCUT2D eigenvalue weighted by atomic mass is 10.2. The van der Waals surface area contributed by atoms with E-state index in [0.717, 1.165) is 0 Å². The predicted molar refractivity (Wildman–Crippen MR) is 97.5 cm³/mol. The number of nitrogens with one attached hydrogen (secondary N) is 1. The average molecular weight is 408 g/mol. The van der Waals surface area contributed by atoms with E-state index in [1.165, 1.54) is 6.20 Å². The summed E-state index contributed by atoms with van der Waals surface area (Å²) in [4.78, 5) is 20.7. The van der Waals surface area contributed by atoms with E-state index in [1.54, 1.807) is 48.1 Å². The van der Waals surface area contributed by atoms with Gasteiger partial charge in [0.15, 0.2) is 0 Å². The molecule has 0 spiro atoms. The minimum atomic E-state index is -4.50. The van der Waals surface area contributed by atoms with Crippen LogP contribution in [-0.4, -0.2) is 44.2 Å². The standard InChI is InChI=1S/C19H19F3N4O3/c1-12-6-15-2-3-16(29-11-14-8-23-4-5-24-14)9-26(15)17(12)18(28)25-13(10-27)7-19(20,21)22/h2-6,8-9,13,27H,7,10-11H2,1H3,(H,25,28). The Morgan fingerprint density at radius 3 is 2.79 bits per heavy atom. The topological polar surface area (TPSA) is 88.8 Å². The second kappa shape index (κ2) is 8.48. The quantitative estimate of drug-likeness (QED) is 0.628. The average Bonchev–Trinajstić information content (AvgIpc) is 3.00. The zero-order chi connectivity index (χ0) is 21.0. The van der Waals surface area contributed by atoms with Gasteiger partial charge in [0.25, 0.3) is 5.91 Å². The van der Waals surface area contributed by atoms with Crippen molar-refractivity contribution in [3.05, 3.63) is 59.9 Å². The highest BCUT2D eigenvalue weighted by Crippen LogP contribution is 2.23. The van der Waals surface area contributed by atoms with Crippen molar-refractivity contribution in [2.45, 2.75) is 32.2 Å². The zero-order valence-corrected chi connectivity index (χ0v) is 15.5. The van der Waals surface area contributed by atoms with Crippen molar-refractivity contribution in [1.29, 1.82) is 0 Å². The molecule has 3 rings (SSSR count). The Labute approximate surface area is 164 Å². The number of alkyl halides is 3. The summed E-state index contributed by atoms with van der Waals surface area (Å²) in [6.07, 6.45) is 0.403. The van der Waals surface area contributed by atoms with Gasteiger partial charge in [-0.05, 0) is 30.7 Å².